The smallest absolute Gasteiger partial charge is 0.490 e. The summed E-state index contributed by atoms with van der Waals surface area (Å²) in [5.41, 5.74) is 4.46. The maximum absolute atomic E-state index is 13.6. The molecule has 1 aliphatic heterocycles. The van der Waals surface area contributed by atoms with Crippen LogP contribution in [0.5, 0.6) is 5.75 Å². The summed E-state index contributed by atoms with van der Waals surface area (Å²) in [6.45, 7) is 0.664. The number of nitrogens with zero attached hydrogens (tertiary/aromatic N) is 4. The van der Waals surface area contributed by atoms with Gasteiger partial charge in [0, 0.05) is 31.2 Å². The predicted octanol–water partition coefficient (Wildman–Crippen LogP) is 3.81. The molecule has 1 atom stereocenters. The molecule has 0 saturated carbocycles. The Morgan fingerprint density at radius 2 is 1.83 bits per heavy atom. The third-order valence-corrected chi connectivity index (χ3v) is 6.96. The summed E-state index contributed by atoms with van der Waals surface area (Å²) in [6, 6.07) is 15.8. The Morgan fingerprint density at radius 3 is 2.54 bits per heavy atom. The number of nitrogens with one attached hydrogen (secondary N) is 1. The van der Waals surface area contributed by atoms with Gasteiger partial charge in [-0.05, 0) is 40.8 Å². The Bertz CT molecular complexity index is 1520. The number of benzene rings is 2. The number of methoxy groups -OCH3 is 1. The van der Waals surface area contributed by atoms with E-state index in [4.69, 9.17) is 4.74 Å². The molecule has 4 aromatic rings. The molecule has 1 amide bonds. The summed E-state index contributed by atoms with van der Waals surface area (Å²) < 4.78 is 48.7. The van der Waals surface area contributed by atoms with Crippen LogP contribution in [-0.4, -0.2) is 64.5 Å². The van der Waals surface area contributed by atoms with Crippen molar-refractivity contribution in [1.82, 2.24) is 25.0 Å². The normalized spacial score (nSPS) is 14.0. The van der Waals surface area contributed by atoms with Crippen molar-refractivity contribution in [3.63, 3.8) is 0 Å². The zero-order chi connectivity index (χ0) is 29.0. The molecule has 2 aromatic carbocycles. The van der Waals surface area contributed by atoms with Crippen molar-refractivity contribution in [2.75, 3.05) is 26.8 Å². The fourth-order valence-electron chi connectivity index (χ4n) is 4.89. The number of pyridine rings is 1. The van der Waals surface area contributed by atoms with Gasteiger partial charge in [-0.2, -0.15) is 18.3 Å². The number of halogens is 3. The van der Waals surface area contributed by atoms with Crippen molar-refractivity contribution < 1.29 is 32.2 Å². The number of rotatable bonds is 9. The highest BCUT2D eigenvalue weighted by Crippen LogP contribution is 2.28. The van der Waals surface area contributed by atoms with Crippen molar-refractivity contribution in [3.05, 3.63) is 89.2 Å². The van der Waals surface area contributed by atoms with Gasteiger partial charge in [0.05, 0.1) is 19.9 Å². The average Bonchev–Trinajstić information content (AvgIpc) is 3.39. The van der Waals surface area contributed by atoms with E-state index in [1.807, 2.05) is 28.9 Å². The maximum atomic E-state index is 13.6. The number of aromatic nitrogens is 3. The molecule has 214 valence electrons. The van der Waals surface area contributed by atoms with Gasteiger partial charge in [0.1, 0.15) is 18.4 Å². The molecule has 9 nitrogen and oxygen atoms in total. The number of carbonyl (C=O) groups excluding carboxylic acids is 2. The molecule has 0 spiro atoms. The number of hydrogen-bond acceptors (Lipinski definition) is 7. The SMILES string of the molecule is COc1ccc(Cn2ncc3c4c(cnc32)CN(C(=O)C(NCCOC(=O)C(F)(F)F)c2ccccc2)CC4)cc1. The van der Waals surface area contributed by atoms with Crippen molar-refractivity contribution in [2.45, 2.75) is 31.7 Å². The molecular formula is C29H28F3N5O4. The number of esters is 1. The summed E-state index contributed by atoms with van der Waals surface area (Å²) >= 11 is 0. The third kappa shape index (κ3) is 6.32. The molecule has 41 heavy (non-hydrogen) atoms. The standard InChI is InChI=1S/C29H28F3N5O4/c1-40-22-9-7-19(8-10-22)17-37-26-24(16-35-37)23-11-13-36(18-21(23)15-34-26)27(38)25(20-5-3-2-4-6-20)33-12-14-41-28(39)29(30,31)32/h2-10,15-16,25,33H,11-14,17-18H2,1H3. The van der Waals surface area contributed by atoms with Crippen molar-refractivity contribution in [3.8, 4) is 5.75 Å². The van der Waals surface area contributed by atoms with E-state index < -0.39 is 24.8 Å². The van der Waals surface area contributed by atoms with Crippen LogP contribution in [0, 0.1) is 0 Å². The van der Waals surface area contributed by atoms with Crippen LogP contribution in [0.1, 0.15) is 28.3 Å². The molecule has 1 unspecified atom stereocenters. The molecule has 0 bridgehead atoms. The Balaban J connectivity index is 1.29. The summed E-state index contributed by atoms with van der Waals surface area (Å²) in [5, 5.41) is 8.45. The van der Waals surface area contributed by atoms with Gasteiger partial charge >= 0.3 is 12.1 Å². The summed E-state index contributed by atoms with van der Waals surface area (Å²) in [7, 11) is 1.62. The van der Waals surface area contributed by atoms with Crippen LogP contribution < -0.4 is 10.1 Å². The van der Waals surface area contributed by atoms with Crippen LogP contribution in [0.15, 0.2) is 67.0 Å². The van der Waals surface area contributed by atoms with Gasteiger partial charge in [-0.3, -0.25) is 10.1 Å². The second-order valence-corrected chi connectivity index (χ2v) is 9.59. The van der Waals surface area contributed by atoms with E-state index >= 15 is 0 Å². The molecule has 0 radical (unpaired) electrons. The molecule has 1 aliphatic rings. The molecule has 3 heterocycles. The van der Waals surface area contributed by atoms with E-state index in [1.54, 1.807) is 54.7 Å². The second-order valence-electron chi connectivity index (χ2n) is 9.59. The maximum Gasteiger partial charge on any atom is 0.490 e. The Morgan fingerprint density at radius 1 is 1.07 bits per heavy atom. The Hall–Kier alpha value is -4.45. The first-order chi connectivity index (χ1) is 19.7. The van der Waals surface area contributed by atoms with E-state index in [0.717, 1.165) is 33.5 Å². The Kier molecular flexibility index (Phi) is 8.20. The van der Waals surface area contributed by atoms with Crippen LogP contribution in [-0.2, 0) is 33.8 Å². The van der Waals surface area contributed by atoms with Crippen molar-refractivity contribution in [1.29, 1.82) is 0 Å². The quantitative estimate of drug-likeness (QED) is 0.243. The molecule has 0 aliphatic carbocycles. The van der Waals surface area contributed by atoms with E-state index in [2.05, 4.69) is 20.1 Å². The summed E-state index contributed by atoms with van der Waals surface area (Å²) in [5.74, 6) is -1.72. The van der Waals surface area contributed by atoms with Crippen LogP contribution in [0.25, 0.3) is 11.0 Å². The molecule has 0 saturated heterocycles. The number of carbonyl (C=O) groups is 2. The zero-order valence-electron chi connectivity index (χ0n) is 22.2. The molecular weight excluding hydrogens is 539 g/mol. The predicted molar refractivity (Wildman–Crippen MR) is 143 cm³/mol. The molecule has 12 heteroatoms. The minimum atomic E-state index is -5.07. The molecule has 5 rings (SSSR count). The molecule has 2 aromatic heterocycles. The zero-order valence-corrected chi connectivity index (χ0v) is 22.2. The monoisotopic (exact) mass is 567 g/mol. The number of amides is 1. The first kappa shape index (κ1) is 28.1. The van der Waals surface area contributed by atoms with Gasteiger partial charge in [0.25, 0.3) is 0 Å². The molecule has 0 fully saturated rings. The van der Waals surface area contributed by atoms with Crippen LogP contribution >= 0.6 is 0 Å². The highest BCUT2D eigenvalue weighted by molar-refractivity contribution is 5.85. The number of ether oxygens (including phenoxy) is 2. The lowest BCUT2D eigenvalue weighted by molar-refractivity contribution is -0.199. The van der Waals surface area contributed by atoms with E-state index in [1.165, 1.54) is 0 Å². The topological polar surface area (TPSA) is 98.6 Å². The second kappa shape index (κ2) is 12.0. The van der Waals surface area contributed by atoms with Gasteiger partial charge in [-0.15, -0.1) is 0 Å². The minimum absolute atomic E-state index is 0.132. The van der Waals surface area contributed by atoms with E-state index in [0.29, 0.717) is 31.6 Å². The van der Waals surface area contributed by atoms with Crippen LogP contribution in [0.2, 0.25) is 0 Å². The number of hydrogen-bond donors (Lipinski definition) is 1. The summed E-state index contributed by atoms with van der Waals surface area (Å²) in [4.78, 5) is 31.0. The first-order valence-electron chi connectivity index (χ1n) is 13.0. The third-order valence-electron chi connectivity index (χ3n) is 6.96. The van der Waals surface area contributed by atoms with Crippen LogP contribution in [0.3, 0.4) is 0 Å². The molecule has 1 N–H and O–H groups in total. The number of fused-ring (bicyclic) bond motifs is 3. The highest BCUT2D eigenvalue weighted by atomic mass is 19.4. The minimum Gasteiger partial charge on any atom is -0.497 e. The lowest BCUT2D eigenvalue weighted by Crippen LogP contribution is -2.44. The van der Waals surface area contributed by atoms with Gasteiger partial charge < -0.3 is 14.4 Å². The van der Waals surface area contributed by atoms with E-state index in [-0.39, 0.29) is 12.5 Å². The van der Waals surface area contributed by atoms with Crippen molar-refractivity contribution >= 4 is 22.9 Å². The average molecular weight is 568 g/mol. The van der Waals surface area contributed by atoms with E-state index in [9.17, 15) is 22.8 Å². The van der Waals surface area contributed by atoms with Crippen LogP contribution in [0.4, 0.5) is 13.2 Å². The highest BCUT2D eigenvalue weighted by Gasteiger charge is 2.41. The van der Waals surface area contributed by atoms with Gasteiger partial charge in [0.15, 0.2) is 5.65 Å². The fourth-order valence-corrected chi connectivity index (χ4v) is 4.89. The first-order valence-corrected chi connectivity index (χ1v) is 13.0. The van der Waals surface area contributed by atoms with Gasteiger partial charge in [-0.25, -0.2) is 14.5 Å². The van der Waals surface area contributed by atoms with Gasteiger partial charge in [0.2, 0.25) is 5.91 Å². The summed E-state index contributed by atoms with van der Waals surface area (Å²) in [6.07, 6.45) is -0.899. The van der Waals surface area contributed by atoms with Gasteiger partial charge in [-0.1, -0.05) is 42.5 Å². The lowest BCUT2D eigenvalue weighted by Gasteiger charge is -2.32. The van der Waals surface area contributed by atoms with Crippen molar-refractivity contribution in [2.24, 2.45) is 0 Å². The Labute approximate surface area is 233 Å². The largest absolute Gasteiger partial charge is 0.497 e. The number of alkyl halides is 3. The lowest BCUT2D eigenvalue weighted by atomic mass is 9.97. The fraction of sp³-hybridized carbons (Fsp3) is 0.310.